The molecule has 10 heteroatoms. The first-order valence-electron chi connectivity index (χ1n) is 11.0. The number of ketones is 1. The Balaban J connectivity index is 1.93. The number of para-hydroxylation sites is 2. The quantitative estimate of drug-likeness (QED) is 0.541. The molecule has 0 radical (unpaired) electrons. The van der Waals surface area contributed by atoms with E-state index in [1.807, 2.05) is 0 Å². The number of nitrogens with one attached hydrogen (secondary N) is 2. The Bertz CT molecular complexity index is 1150. The molecule has 3 rings (SSSR count). The zero-order chi connectivity index (χ0) is 25.5. The highest BCUT2D eigenvalue weighted by Crippen LogP contribution is 2.32. The van der Waals surface area contributed by atoms with Gasteiger partial charge in [0.2, 0.25) is 11.8 Å². The number of aldehydes is 1. The Hall–Kier alpha value is -4.34. The topological polar surface area (TPSA) is 133 Å². The van der Waals surface area contributed by atoms with E-state index >= 15 is 0 Å². The summed E-state index contributed by atoms with van der Waals surface area (Å²) in [5.74, 6) is -2.41. The number of amides is 4. The largest absolute Gasteiger partial charge is 0.345 e. The first-order chi connectivity index (χ1) is 16.7. The molecule has 1 aliphatic heterocycles. The number of carbonyl (C=O) groups is 6. The van der Waals surface area contributed by atoms with Gasteiger partial charge in [-0.05, 0) is 31.2 Å². The number of carbonyl (C=O) groups excluding carboxylic acids is 6. The minimum atomic E-state index is -1.15. The van der Waals surface area contributed by atoms with Gasteiger partial charge in [0.15, 0.2) is 0 Å². The van der Waals surface area contributed by atoms with Crippen LogP contribution in [0.2, 0.25) is 0 Å². The summed E-state index contributed by atoms with van der Waals surface area (Å²) in [6.45, 7) is 2.02. The van der Waals surface area contributed by atoms with Crippen molar-refractivity contribution in [2.24, 2.45) is 0 Å². The van der Waals surface area contributed by atoms with E-state index in [9.17, 15) is 28.8 Å². The van der Waals surface area contributed by atoms with Gasteiger partial charge < -0.3 is 20.3 Å². The molecule has 4 amide bonds. The van der Waals surface area contributed by atoms with Gasteiger partial charge in [-0.25, -0.2) is 0 Å². The van der Waals surface area contributed by atoms with E-state index < -0.39 is 36.3 Å². The van der Waals surface area contributed by atoms with Crippen molar-refractivity contribution in [2.45, 2.75) is 32.4 Å². The van der Waals surface area contributed by atoms with E-state index in [4.69, 9.17) is 0 Å². The van der Waals surface area contributed by atoms with Crippen molar-refractivity contribution in [1.82, 2.24) is 10.6 Å². The highest BCUT2D eigenvalue weighted by atomic mass is 16.2. The van der Waals surface area contributed by atoms with Crippen molar-refractivity contribution in [2.75, 3.05) is 22.9 Å². The van der Waals surface area contributed by atoms with Crippen molar-refractivity contribution >= 4 is 47.1 Å². The van der Waals surface area contributed by atoms with Gasteiger partial charge >= 0.3 is 0 Å². The van der Waals surface area contributed by atoms with Crippen LogP contribution in [0, 0.1) is 0 Å². The molecule has 2 aromatic rings. The SMILES string of the molecule is CC(=O)C[C@@H](C=O)NC(=O)CN1C(=O)[C@@H](NC(=O)c2ccccc2)CN(C(C)=O)c2ccccc21. The minimum Gasteiger partial charge on any atom is -0.345 e. The fourth-order valence-corrected chi connectivity index (χ4v) is 3.83. The molecule has 0 aromatic heterocycles. The van der Waals surface area contributed by atoms with Crippen LogP contribution in [0.1, 0.15) is 30.6 Å². The molecule has 0 spiro atoms. The Morgan fingerprint density at radius 3 is 2.23 bits per heavy atom. The second-order valence-electron chi connectivity index (χ2n) is 8.15. The molecule has 35 heavy (non-hydrogen) atoms. The van der Waals surface area contributed by atoms with Crippen molar-refractivity contribution < 1.29 is 28.8 Å². The molecule has 2 N–H and O–H groups in total. The van der Waals surface area contributed by atoms with Crippen LogP contribution < -0.4 is 20.4 Å². The molecular weight excluding hydrogens is 452 g/mol. The molecule has 0 bridgehead atoms. The zero-order valence-corrected chi connectivity index (χ0v) is 19.4. The van der Waals surface area contributed by atoms with E-state index in [0.717, 1.165) is 0 Å². The molecular formula is C25H26N4O6. The van der Waals surface area contributed by atoms with Gasteiger partial charge in [-0.3, -0.25) is 28.9 Å². The van der Waals surface area contributed by atoms with Crippen molar-refractivity contribution in [3.05, 3.63) is 60.2 Å². The molecule has 1 heterocycles. The molecule has 182 valence electrons. The normalized spacial score (nSPS) is 15.9. The zero-order valence-electron chi connectivity index (χ0n) is 19.4. The highest BCUT2D eigenvalue weighted by Gasteiger charge is 2.37. The van der Waals surface area contributed by atoms with Crippen LogP contribution in [0.4, 0.5) is 11.4 Å². The Morgan fingerprint density at radius 1 is 1.00 bits per heavy atom. The van der Waals surface area contributed by atoms with Gasteiger partial charge in [-0.2, -0.15) is 0 Å². The van der Waals surface area contributed by atoms with Crippen molar-refractivity contribution in [3.8, 4) is 0 Å². The standard InChI is InChI=1S/C25H26N4O6/c1-16(31)12-19(15-30)26-23(33)14-29-22-11-7-6-10-21(22)28(17(2)32)13-20(25(29)35)27-24(34)18-8-4-3-5-9-18/h3-11,15,19-20H,12-14H2,1-2H3,(H,26,33)(H,27,34)/t19-,20-/m0/s1. The van der Waals surface area contributed by atoms with Crippen LogP contribution in [-0.4, -0.2) is 60.9 Å². The summed E-state index contributed by atoms with van der Waals surface area (Å²) in [6, 6.07) is 12.7. The van der Waals surface area contributed by atoms with Crippen LogP contribution >= 0.6 is 0 Å². The number of rotatable bonds is 8. The van der Waals surface area contributed by atoms with Crippen molar-refractivity contribution in [1.29, 1.82) is 0 Å². The lowest BCUT2D eigenvalue weighted by Crippen LogP contribution is -2.54. The monoisotopic (exact) mass is 478 g/mol. The number of fused-ring (bicyclic) bond motifs is 1. The predicted octanol–water partition coefficient (Wildman–Crippen LogP) is 0.848. The molecule has 1 aliphatic rings. The molecule has 10 nitrogen and oxygen atoms in total. The summed E-state index contributed by atoms with van der Waals surface area (Å²) in [5, 5.41) is 5.11. The van der Waals surface area contributed by atoms with Crippen LogP contribution in [0.25, 0.3) is 0 Å². The molecule has 0 saturated carbocycles. The number of benzene rings is 2. The average Bonchev–Trinajstić information content (AvgIpc) is 2.94. The van der Waals surface area contributed by atoms with E-state index in [-0.39, 0.29) is 24.7 Å². The highest BCUT2D eigenvalue weighted by molar-refractivity contribution is 6.10. The van der Waals surface area contributed by atoms with Crippen LogP contribution in [0.15, 0.2) is 54.6 Å². The summed E-state index contributed by atoms with van der Waals surface area (Å²) in [4.78, 5) is 76.8. The summed E-state index contributed by atoms with van der Waals surface area (Å²) in [7, 11) is 0. The van der Waals surface area contributed by atoms with Gasteiger partial charge in [0.1, 0.15) is 24.7 Å². The van der Waals surface area contributed by atoms with Gasteiger partial charge in [0.25, 0.3) is 11.8 Å². The average molecular weight is 479 g/mol. The maximum absolute atomic E-state index is 13.6. The summed E-state index contributed by atoms with van der Waals surface area (Å²) < 4.78 is 0. The van der Waals surface area contributed by atoms with E-state index in [1.165, 1.54) is 23.6 Å². The lowest BCUT2D eigenvalue weighted by atomic mass is 10.1. The van der Waals surface area contributed by atoms with Crippen LogP contribution in [0.3, 0.4) is 0 Å². The van der Waals surface area contributed by atoms with Gasteiger partial charge in [-0.15, -0.1) is 0 Å². The lowest BCUT2D eigenvalue weighted by Gasteiger charge is -2.25. The maximum Gasteiger partial charge on any atom is 0.251 e. The van der Waals surface area contributed by atoms with Gasteiger partial charge in [0, 0.05) is 18.9 Å². The number of Topliss-reactive ketones (excluding diaryl/α,β-unsaturated/α-hetero) is 1. The number of nitrogens with zero attached hydrogens (tertiary/aromatic N) is 2. The number of hydrogen-bond acceptors (Lipinski definition) is 6. The second-order valence-corrected chi connectivity index (χ2v) is 8.15. The fourth-order valence-electron chi connectivity index (χ4n) is 3.83. The third-order valence-electron chi connectivity index (χ3n) is 5.43. The molecule has 0 unspecified atom stereocenters. The molecule has 0 fully saturated rings. The lowest BCUT2D eigenvalue weighted by molar-refractivity contribution is -0.127. The summed E-state index contributed by atoms with van der Waals surface area (Å²) in [6.07, 6.45) is 0.283. The van der Waals surface area contributed by atoms with Crippen LogP contribution in [-0.2, 0) is 24.0 Å². The number of hydrogen-bond donors (Lipinski definition) is 2. The fraction of sp³-hybridized carbons (Fsp3) is 0.280. The first kappa shape index (κ1) is 25.3. The van der Waals surface area contributed by atoms with Crippen LogP contribution in [0.5, 0.6) is 0 Å². The predicted molar refractivity (Wildman–Crippen MR) is 128 cm³/mol. The van der Waals surface area contributed by atoms with Gasteiger partial charge in [-0.1, -0.05) is 30.3 Å². The summed E-state index contributed by atoms with van der Waals surface area (Å²) in [5.41, 5.74) is 1.03. The third kappa shape index (κ3) is 6.17. The number of anilines is 2. The van der Waals surface area contributed by atoms with Crippen molar-refractivity contribution in [3.63, 3.8) is 0 Å². The molecule has 2 aromatic carbocycles. The molecule has 0 saturated heterocycles. The van der Waals surface area contributed by atoms with E-state index in [2.05, 4.69) is 10.6 Å². The smallest absolute Gasteiger partial charge is 0.251 e. The van der Waals surface area contributed by atoms with E-state index in [0.29, 0.717) is 23.2 Å². The molecule has 2 atom stereocenters. The van der Waals surface area contributed by atoms with E-state index in [1.54, 1.807) is 54.6 Å². The Morgan fingerprint density at radius 2 is 1.63 bits per heavy atom. The summed E-state index contributed by atoms with van der Waals surface area (Å²) >= 11 is 0. The van der Waals surface area contributed by atoms with Gasteiger partial charge in [0.05, 0.1) is 24.0 Å². The maximum atomic E-state index is 13.6. The molecule has 0 aliphatic carbocycles. The second kappa shape index (κ2) is 11.2. The third-order valence-corrected chi connectivity index (χ3v) is 5.43. The Kier molecular flexibility index (Phi) is 8.08. The minimum absolute atomic E-state index is 0.136. The first-order valence-corrected chi connectivity index (χ1v) is 11.0. The Labute approximate surface area is 202 Å².